The lowest BCUT2D eigenvalue weighted by molar-refractivity contribution is 0.254. The fourth-order valence-electron chi connectivity index (χ4n) is 4.85. The van der Waals surface area contributed by atoms with E-state index >= 15 is 0 Å². The third-order valence-electron chi connectivity index (χ3n) is 6.93. The molecular formula is C28H29FN6O3S. The summed E-state index contributed by atoms with van der Waals surface area (Å²) in [6.45, 7) is 2.87. The number of aryl methyl sites for hydroxylation is 1. The number of halogens is 1. The number of fused-ring (bicyclic) bond motifs is 1. The van der Waals surface area contributed by atoms with Gasteiger partial charge in [0.05, 0.1) is 22.2 Å². The Morgan fingerprint density at radius 3 is 2.64 bits per heavy atom. The molecule has 9 nitrogen and oxygen atoms in total. The van der Waals surface area contributed by atoms with Crippen molar-refractivity contribution < 1.29 is 17.5 Å². The smallest absolute Gasteiger partial charge is 0.235 e. The Kier molecular flexibility index (Phi) is 6.78. The minimum Gasteiger partial charge on any atom is -0.437 e. The third-order valence-corrected chi connectivity index (χ3v) is 8.78. The van der Waals surface area contributed by atoms with Crippen molar-refractivity contribution >= 4 is 32.4 Å². The van der Waals surface area contributed by atoms with E-state index in [-0.39, 0.29) is 11.3 Å². The molecule has 2 aliphatic rings. The van der Waals surface area contributed by atoms with Gasteiger partial charge >= 0.3 is 0 Å². The zero-order valence-corrected chi connectivity index (χ0v) is 22.2. The number of pyridine rings is 1. The molecular weight excluding hydrogens is 519 g/mol. The largest absolute Gasteiger partial charge is 0.437 e. The van der Waals surface area contributed by atoms with Crippen molar-refractivity contribution in [2.45, 2.75) is 43.6 Å². The van der Waals surface area contributed by atoms with E-state index in [0.717, 1.165) is 16.3 Å². The molecule has 3 N–H and O–H groups in total. The molecule has 202 valence electrons. The molecule has 1 aliphatic heterocycles. The maximum absolute atomic E-state index is 13.8. The van der Waals surface area contributed by atoms with Crippen LogP contribution in [-0.4, -0.2) is 53.9 Å². The Morgan fingerprint density at radius 2 is 1.85 bits per heavy atom. The lowest BCUT2D eigenvalue weighted by Crippen LogP contribution is -2.44. The topological polar surface area (TPSA) is 118 Å². The summed E-state index contributed by atoms with van der Waals surface area (Å²) in [4.78, 5) is 13.5. The first-order chi connectivity index (χ1) is 18.9. The molecule has 2 unspecified atom stereocenters. The summed E-state index contributed by atoms with van der Waals surface area (Å²) in [5.41, 5.74) is 2.55. The van der Waals surface area contributed by atoms with E-state index in [4.69, 9.17) is 4.74 Å². The monoisotopic (exact) mass is 548 g/mol. The zero-order valence-electron chi connectivity index (χ0n) is 21.4. The number of nitrogens with zero attached hydrogens (tertiary/aromatic N) is 3. The van der Waals surface area contributed by atoms with Gasteiger partial charge in [-0.3, -0.25) is 4.72 Å². The fourth-order valence-corrected chi connectivity index (χ4v) is 6.25. The van der Waals surface area contributed by atoms with Crippen LogP contribution in [0, 0.1) is 6.92 Å². The summed E-state index contributed by atoms with van der Waals surface area (Å²) in [7, 11) is -3.43. The number of alkyl halides is 1. The normalized spacial score (nSPS) is 19.5. The van der Waals surface area contributed by atoms with Crippen LogP contribution < -0.4 is 20.1 Å². The van der Waals surface area contributed by atoms with Crippen molar-refractivity contribution in [3.8, 4) is 22.9 Å². The van der Waals surface area contributed by atoms with E-state index < -0.39 is 16.2 Å². The van der Waals surface area contributed by atoms with Crippen LogP contribution in [-0.2, 0) is 10.0 Å². The first-order valence-corrected chi connectivity index (χ1v) is 14.5. The van der Waals surface area contributed by atoms with Gasteiger partial charge in [-0.15, -0.1) is 0 Å². The van der Waals surface area contributed by atoms with E-state index in [2.05, 4.69) is 30.3 Å². The van der Waals surface area contributed by atoms with Crippen LogP contribution in [0.1, 0.15) is 24.8 Å². The number of rotatable bonds is 8. The van der Waals surface area contributed by atoms with Gasteiger partial charge in [0.15, 0.2) is 0 Å². The molecule has 0 bridgehead atoms. The highest BCUT2D eigenvalue weighted by molar-refractivity contribution is 7.93. The first kappa shape index (κ1) is 25.4. The predicted molar refractivity (Wildman–Crippen MR) is 149 cm³/mol. The van der Waals surface area contributed by atoms with E-state index in [1.54, 1.807) is 30.6 Å². The van der Waals surface area contributed by atoms with Gasteiger partial charge in [0.2, 0.25) is 21.9 Å². The van der Waals surface area contributed by atoms with Gasteiger partial charge in [-0.05, 0) is 49.6 Å². The number of hydrogen-bond acceptors (Lipinski definition) is 8. The van der Waals surface area contributed by atoms with Gasteiger partial charge < -0.3 is 15.4 Å². The quantitative estimate of drug-likeness (QED) is 0.287. The SMILES string of the molecule is Cc1cc(NS(=O)(=O)C2CC2)c2ccccc2c1Oc1ncccc1-c1ccnc(NC2CNCC(F)C2)n1. The van der Waals surface area contributed by atoms with Crippen LogP contribution in [0.4, 0.5) is 16.0 Å². The van der Waals surface area contributed by atoms with Crippen molar-refractivity contribution in [3.05, 3.63) is 66.5 Å². The van der Waals surface area contributed by atoms with Gasteiger partial charge in [0.25, 0.3) is 0 Å². The summed E-state index contributed by atoms with van der Waals surface area (Å²) >= 11 is 0. The Hall–Kier alpha value is -3.83. The molecule has 2 atom stereocenters. The molecule has 0 spiro atoms. The number of anilines is 2. The highest BCUT2D eigenvalue weighted by atomic mass is 32.2. The van der Waals surface area contributed by atoms with Gasteiger partial charge in [-0.25, -0.2) is 27.8 Å². The molecule has 4 aromatic rings. The third kappa shape index (κ3) is 5.50. The Bertz CT molecular complexity index is 1630. The Morgan fingerprint density at radius 1 is 1.03 bits per heavy atom. The molecule has 3 heterocycles. The summed E-state index contributed by atoms with van der Waals surface area (Å²) in [6, 6.07) is 14.6. The molecule has 6 rings (SSSR count). The molecule has 0 radical (unpaired) electrons. The maximum Gasteiger partial charge on any atom is 0.235 e. The van der Waals surface area contributed by atoms with Crippen molar-refractivity contribution in [3.63, 3.8) is 0 Å². The molecule has 1 saturated heterocycles. The van der Waals surface area contributed by atoms with Crippen LogP contribution in [0.25, 0.3) is 22.0 Å². The lowest BCUT2D eigenvalue weighted by Gasteiger charge is -2.26. The van der Waals surface area contributed by atoms with Crippen molar-refractivity contribution in [1.29, 1.82) is 0 Å². The summed E-state index contributed by atoms with van der Waals surface area (Å²) in [6.07, 6.45) is 4.14. The average molecular weight is 549 g/mol. The Labute approximate surface area is 226 Å². The first-order valence-electron chi connectivity index (χ1n) is 13.0. The van der Waals surface area contributed by atoms with Gasteiger partial charge in [0, 0.05) is 48.7 Å². The standard InChI is InChI=1S/C28H29FN6O3S/c1-17-13-25(35-39(36,37)20-8-9-20)21-5-2-3-6-22(21)26(17)38-27-23(7-4-11-31-27)24-10-12-32-28(34-24)33-19-14-18(29)15-30-16-19/h2-7,10-13,18-20,30,35H,8-9,14-16H2,1H3,(H,32,33,34). The number of piperidine rings is 1. The zero-order chi connectivity index (χ0) is 27.0. The number of nitrogens with one attached hydrogen (secondary N) is 3. The van der Waals surface area contributed by atoms with E-state index in [0.29, 0.717) is 66.9 Å². The summed E-state index contributed by atoms with van der Waals surface area (Å²) < 4.78 is 48.4. The second-order valence-corrected chi connectivity index (χ2v) is 12.0. The summed E-state index contributed by atoms with van der Waals surface area (Å²) in [5, 5.41) is 7.46. The van der Waals surface area contributed by atoms with E-state index in [1.807, 2.05) is 37.3 Å². The maximum atomic E-state index is 13.8. The van der Waals surface area contributed by atoms with Crippen molar-refractivity contribution in [2.24, 2.45) is 0 Å². The van der Waals surface area contributed by atoms with Crippen LogP contribution in [0.3, 0.4) is 0 Å². The molecule has 1 aliphatic carbocycles. The Balaban J connectivity index is 1.33. The van der Waals surface area contributed by atoms with Crippen LogP contribution in [0.15, 0.2) is 60.9 Å². The van der Waals surface area contributed by atoms with Gasteiger partial charge in [-0.2, -0.15) is 0 Å². The molecule has 2 aromatic heterocycles. The van der Waals surface area contributed by atoms with Crippen LogP contribution in [0.5, 0.6) is 11.6 Å². The number of sulfonamides is 1. The average Bonchev–Trinajstić information content (AvgIpc) is 3.78. The molecule has 2 aromatic carbocycles. The molecule has 39 heavy (non-hydrogen) atoms. The van der Waals surface area contributed by atoms with Crippen LogP contribution in [0.2, 0.25) is 0 Å². The molecule has 2 fully saturated rings. The predicted octanol–water partition coefficient (Wildman–Crippen LogP) is 4.81. The molecule has 1 saturated carbocycles. The van der Waals surface area contributed by atoms with E-state index in [9.17, 15) is 12.8 Å². The highest BCUT2D eigenvalue weighted by Gasteiger charge is 2.36. The fraction of sp³-hybridized carbons (Fsp3) is 0.321. The lowest BCUT2D eigenvalue weighted by atomic mass is 10.0. The highest BCUT2D eigenvalue weighted by Crippen LogP contribution is 2.40. The van der Waals surface area contributed by atoms with Gasteiger partial charge in [-0.1, -0.05) is 24.3 Å². The summed E-state index contributed by atoms with van der Waals surface area (Å²) in [5.74, 6) is 1.33. The minimum atomic E-state index is -3.43. The molecule has 0 amide bonds. The van der Waals surface area contributed by atoms with Gasteiger partial charge in [0.1, 0.15) is 11.9 Å². The minimum absolute atomic E-state index is 0.113. The number of hydrogen-bond donors (Lipinski definition) is 3. The second kappa shape index (κ2) is 10.4. The second-order valence-electron chi connectivity index (χ2n) is 10.0. The molecule has 11 heteroatoms. The van der Waals surface area contributed by atoms with E-state index in [1.165, 1.54) is 0 Å². The van der Waals surface area contributed by atoms with Crippen molar-refractivity contribution in [2.75, 3.05) is 23.1 Å². The number of aromatic nitrogens is 3. The number of ether oxygens (including phenoxy) is 1. The number of benzene rings is 2. The van der Waals surface area contributed by atoms with Crippen molar-refractivity contribution in [1.82, 2.24) is 20.3 Å². The van der Waals surface area contributed by atoms with Crippen LogP contribution >= 0.6 is 0 Å².